The first-order valence-electron chi connectivity index (χ1n) is 12.0. The zero-order valence-electron chi connectivity index (χ0n) is 22.1. The van der Waals surface area contributed by atoms with Crippen molar-refractivity contribution in [2.45, 2.75) is 51.2 Å². The van der Waals surface area contributed by atoms with Gasteiger partial charge in [0, 0.05) is 36.4 Å². The van der Waals surface area contributed by atoms with Crippen molar-refractivity contribution >= 4 is 11.8 Å². The van der Waals surface area contributed by atoms with Gasteiger partial charge in [-0.05, 0) is 50.1 Å². The highest BCUT2D eigenvalue weighted by Gasteiger charge is 2.40. The SMILES string of the molecule is CC=CCN1c2cc(OC)c(OC)cc2[C@H](N(Cc2cc(C(F)(F)F)cc(C(F)(F)F)c2)C(=O)OC)C[C@@H]1C. The second-order valence-electron chi connectivity index (χ2n) is 9.10. The summed E-state index contributed by atoms with van der Waals surface area (Å²) >= 11 is 0. The van der Waals surface area contributed by atoms with Crippen LogP contribution in [0.2, 0.25) is 0 Å². The number of halogens is 6. The van der Waals surface area contributed by atoms with Gasteiger partial charge in [-0.15, -0.1) is 0 Å². The summed E-state index contributed by atoms with van der Waals surface area (Å²) in [6.07, 6.45) is -6.80. The van der Waals surface area contributed by atoms with E-state index >= 15 is 0 Å². The van der Waals surface area contributed by atoms with Crippen LogP contribution < -0.4 is 14.4 Å². The molecule has 1 aliphatic heterocycles. The van der Waals surface area contributed by atoms with E-state index in [1.165, 1.54) is 14.2 Å². The molecule has 1 aliphatic rings. The summed E-state index contributed by atoms with van der Waals surface area (Å²) in [6, 6.07) is 3.76. The number of methoxy groups -OCH3 is 3. The number of rotatable bonds is 7. The number of benzene rings is 2. The minimum Gasteiger partial charge on any atom is -0.493 e. The first kappa shape index (κ1) is 30.0. The topological polar surface area (TPSA) is 51.2 Å². The number of ether oxygens (including phenoxy) is 3. The second-order valence-corrected chi connectivity index (χ2v) is 9.10. The number of amides is 1. The van der Waals surface area contributed by atoms with E-state index < -0.39 is 42.2 Å². The molecule has 0 spiro atoms. The molecular weight excluding hydrogens is 530 g/mol. The zero-order valence-corrected chi connectivity index (χ0v) is 22.1. The molecule has 1 heterocycles. The van der Waals surface area contributed by atoms with E-state index in [0.717, 1.165) is 12.0 Å². The number of fused-ring (bicyclic) bond motifs is 1. The maximum atomic E-state index is 13.5. The molecule has 0 aromatic heterocycles. The molecule has 2 aromatic carbocycles. The van der Waals surface area contributed by atoms with E-state index in [0.29, 0.717) is 47.8 Å². The molecule has 0 saturated heterocycles. The molecule has 0 aliphatic carbocycles. The Bertz CT molecular complexity index is 1180. The molecule has 0 bridgehead atoms. The minimum absolute atomic E-state index is 0.0558. The molecule has 0 N–H and O–H groups in total. The molecule has 0 saturated carbocycles. The molecule has 12 heteroatoms. The van der Waals surface area contributed by atoms with Crippen molar-refractivity contribution in [2.75, 3.05) is 32.8 Å². The minimum atomic E-state index is -5.02. The smallest absolute Gasteiger partial charge is 0.416 e. The number of hydrogen-bond donors (Lipinski definition) is 0. The predicted octanol–water partition coefficient (Wildman–Crippen LogP) is 7.23. The molecule has 214 valence electrons. The van der Waals surface area contributed by atoms with Gasteiger partial charge >= 0.3 is 18.4 Å². The number of allylic oxidation sites excluding steroid dienone is 1. The summed E-state index contributed by atoms with van der Waals surface area (Å²) in [5.41, 5.74) is -1.99. The lowest BCUT2D eigenvalue weighted by Gasteiger charge is -2.44. The Labute approximate surface area is 222 Å². The molecule has 0 radical (unpaired) electrons. The van der Waals surface area contributed by atoms with Crippen LogP contribution in [0.1, 0.15) is 48.6 Å². The summed E-state index contributed by atoms with van der Waals surface area (Å²) in [6.45, 7) is 3.75. The van der Waals surface area contributed by atoms with Crippen LogP contribution in [-0.2, 0) is 23.6 Å². The molecular formula is C27H30F6N2O4. The Hall–Kier alpha value is -3.57. The fourth-order valence-corrected chi connectivity index (χ4v) is 4.73. The van der Waals surface area contributed by atoms with Gasteiger partial charge in [0.25, 0.3) is 0 Å². The summed E-state index contributed by atoms with van der Waals surface area (Å²) in [5, 5.41) is 0. The van der Waals surface area contributed by atoms with Crippen molar-refractivity contribution in [2.24, 2.45) is 0 Å². The van der Waals surface area contributed by atoms with E-state index in [4.69, 9.17) is 14.2 Å². The van der Waals surface area contributed by atoms with Gasteiger partial charge in [0.2, 0.25) is 0 Å². The number of carbonyl (C=O) groups is 1. The lowest BCUT2D eigenvalue weighted by Crippen LogP contribution is -2.45. The highest BCUT2D eigenvalue weighted by atomic mass is 19.4. The average Bonchev–Trinajstić information content (AvgIpc) is 2.88. The standard InChI is InChI=1S/C27H30F6N2O4/c1-6-7-8-34-16(2)9-21(20-13-23(37-3)24(38-4)14-22(20)34)35(25(36)39-5)15-17-10-18(26(28,29)30)12-19(11-17)27(31,32)33/h6-7,10-14,16,21H,8-9,15H2,1-5H3/t16-,21+/m0/s1. The first-order valence-corrected chi connectivity index (χ1v) is 12.0. The highest BCUT2D eigenvalue weighted by Crippen LogP contribution is 2.46. The van der Waals surface area contributed by atoms with E-state index in [9.17, 15) is 31.1 Å². The van der Waals surface area contributed by atoms with E-state index in [1.807, 2.05) is 26.0 Å². The molecule has 2 aromatic rings. The van der Waals surface area contributed by atoms with Gasteiger partial charge < -0.3 is 19.1 Å². The van der Waals surface area contributed by atoms with Gasteiger partial charge in [-0.3, -0.25) is 4.90 Å². The van der Waals surface area contributed by atoms with Crippen LogP contribution in [0.25, 0.3) is 0 Å². The third kappa shape index (κ3) is 6.54. The Kier molecular flexibility index (Phi) is 8.97. The monoisotopic (exact) mass is 560 g/mol. The summed E-state index contributed by atoms with van der Waals surface area (Å²) in [5.74, 6) is 0.775. The van der Waals surface area contributed by atoms with Crippen molar-refractivity contribution < 1.29 is 45.3 Å². The van der Waals surface area contributed by atoms with Crippen molar-refractivity contribution in [3.63, 3.8) is 0 Å². The zero-order chi connectivity index (χ0) is 29.1. The van der Waals surface area contributed by atoms with Gasteiger partial charge in [0.05, 0.1) is 38.5 Å². The molecule has 0 unspecified atom stereocenters. The van der Waals surface area contributed by atoms with Gasteiger partial charge in [-0.25, -0.2) is 4.79 Å². The van der Waals surface area contributed by atoms with Crippen LogP contribution >= 0.6 is 0 Å². The summed E-state index contributed by atoms with van der Waals surface area (Å²) in [4.78, 5) is 16.2. The molecule has 0 fully saturated rings. The van der Waals surface area contributed by atoms with E-state index in [2.05, 4.69) is 4.90 Å². The van der Waals surface area contributed by atoms with Gasteiger partial charge in [0.1, 0.15) is 0 Å². The molecule has 6 nitrogen and oxygen atoms in total. The normalized spacial score (nSPS) is 17.7. The predicted molar refractivity (Wildman–Crippen MR) is 133 cm³/mol. The Morgan fingerprint density at radius 2 is 1.54 bits per heavy atom. The van der Waals surface area contributed by atoms with Crippen molar-refractivity contribution in [3.8, 4) is 11.5 Å². The lowest BCUT2D eigenvalue weighted by molar-refractivity contribution is -0.143. The maximum Gasteiger partial charge on any atom is 0.416 e. The lowest BCUT2D eigenvalue weighted by atomic mass is 9.89. The Morgan fingerprint density at radius 3 is 2.03 bits per heavy atom. The first-order chi connectivity index (χ1) is 18.2. The van der Waals surface area contributed by atoms with Crippen LogP contribution in [0.5, 0.6) is 11.5 Å². The number of hydrogen-bond acceptors (Lipinski definition) is 5. The maximum absolute atomic E-state index is 13.5. The number of alkyl halides is 6. The second kappa shape index (κ2) is 11.7. The van der Waals surface area contributed by atoms with Crippen LogP contribution in [0.4, 0.5) is 36.8 Å². The van der Waals surface area contributed by atoms with Crippen molar-refractivity contribution in [1.82, 2.24) is 4.90 Å². The molecule has 2 atom stereocenters. The molecule has 39 heavy (non-hydrogen) atoms. The van der Waals surface area contributed by atoms with Crippen LogP contribution in [0.15, 0.2) is 42.5 Å². The van der Waals surface area contributed by atoms with Crippen LogP contribution in [0, 0.1) is 0 Å². The fourth-order valence-electron chi connectivity index (χ4n) is 4.73. The number of carbonyl (C=O) groups excluding carboxylic acids is 1. The van der Waals surface area contributed by atoms with Gasteiger partial charge in [-0.1, -0.05) is 12.2 Å². The highest BCUT2D eigenvalue weighted by molar-refractivity contribution is 5.71. The van der Waals surface area contributed by atoms with Gasteiger partial charge in [-0.2, -0.15) is 26.3 Å². The Balaban J connectivity index is 2.18. The number of anilines is 1. The van der Waals surface area contributed by atoms with Crippen molar-refractivity contribution in [3.05, 3.63) is 64.7 Å². The largest absolute Gasteiger partial charge is 0.493 e. The summed E-state index contributed by atoms with van der Waals surface area (Å²) in [7, 11) is 4.00. The molecule has 1 amide bonds. The van der Waals surface area contributed by atoms with E-state index in [1.54, 1.807) is 12.1 Å². The Morgan fingerprint density at radius 1 is 0.974 bits per heavy atom. The average molecular weight is 561 g/mol. The van der Waals surface area contributed by atoms with Crippen molar-refractivity contribution in [1.29, 1.82) is 0 Å². The van der Waals surface area contributed by atoms with Crippen LogP contribution in [-0.4, -0.2) is 44.9 Å². The summed E-state index contributed by atoms with van der Waals surface area (Å²) < 4.78 is 96.8. The quantitative estimate of drug-likeness (QED) is 0.264. The fraction of sp³-hybridized carbons (Fsp3) is 0.444. The van der Waals surface area contributed by atoms with Gasteiger partial charge in [0.15, 0.2) is 11.5 Å². The van der Waals surface area contributed by atoms with Crippen LogP contribution in [0.3, 0.4) is 0 Å². The third-order valence-electron chi connectivity index (χ3n) is 6.62. The third-order valence-corrected chi connectivity index (χ3v) is 6.62. The molecule has 3 rings (SSSR count). The number of nitrogens with zero attached hydrogens (tertiary/aromatic N) is 2. The van der Waals surface area contributed by atoms with E-state index in [-0.39, 0.29) is 17.7 Å².